The Hall–Kier alpha value is -2.37. The molecule has 0 saturated heterocycles. The first-order valence-corrected chi connectivity index (χ1v) is 27.5. The maximum atomic E-state index is 12.8. The third-order valence-electron chi connectivity index (χ3n) is 12.1. The fourth-order valence-corrected chi connectivity index (χ4v) is 7.94. The van der Waals surface area contributed by atoms with Crippen molar-refractivity contribution in [2.75, 3.05) is 13.2 Å². The van der Waals surface area contributed by atoms with Crippen molar-refractivity contribution in [1.29, 1.82) is 0 Å². The third-order valence-corrected chi connectivity index (χ3v) is 12.1. The summed E-state index contributed by atoms with van der Waals surface area (Å²) in [4.78, 5) is 38.0. The van der Waals surface area contributed by atoms with E-state index in [1.807, 2.05) is 0 Å². The molecule has 6 heteroatoms. The van der Waals surface area contributed by atoms with E-state index >= 15 is 0 Å². The number of unbranched alkanes of at least 4 members (excludes halogenated alkanes) is 34. The summed E-state index contributed by atoms with van der Waals surface area (Å²) in [5.41, 5.74) is 0. The van der Waals surface area contributed by atoms with Crippen molar-refractivity contribution in [3.63, 3.8) is 0 Å². The van der Waals surface area contributed by atoms with Crippen LogP contribution in [-0.4, -0.2) is 37.2 Å². The first kappa shape index (κ1) is 60.6. The van der Waals surface area contributed by atoms with Crippen LogP contribution in [0.4, 0.5) is 0 Å². The highest BCUT2D eigenvalue weighted by molar-refractivity contribution is 5.71. The molecule has 0 aromatic carbocycles. The molecule has 0 heterocycles. The second-order valence-electron chi connectivity index (χ2n) is 18.5. The summed E-state index contributed by atoms with van der Waals surface area (Å²) < 4.78 is 16.8. The van der Waals surface area contributed by atoms with Gasteiger partial charge in [-0.05, 0) is 64.2 Å². The molecule has 0 spiro atoms. The molecule has 0 rings (SSSR count). The molecule has 0 fully saturated rings. The van der Waals surface area contributed by atoms with Gasteiger partial charge in [0.15, 0.2) is 6.10 Å². The number of allylic oxidation sites excluding steroid dienone is 6. The Labute approximate surface area is 391 Å². The molecule has 6 nitrogen and oxygen atoms in total. The van der Waals surface area contributed by atoms with Gasteiger partial charge in [-0.25, -0.2) is 0 Å². The Balaban J connectivity index is 4.33. The number of hydrogen-bond donors (Lipinski definition) is 0. The highest BCUT2D eigenvalue weighted by Gasteiger charge is 2.19. The van der Waals surface area contributed by atoms with Gasteiger partial charge in [0.2, 0.25) is 0 Å². The van der Waals surface area contributed by atoms with Gasteiger partial charge in [0.25, 0.3) is 0 Å². The summed E-state index contributed by atoms with van der Waals surface area (Å²) in [6, 6.07) is 0. The van der Waals surface area contributed by atoms with Crippen molar-refractivity contribution in [2.24, 2.45) is 0 Å². The number of esters is 3. The molecule has 0 N–H and O–H groups in total. The minimum atomic E-state index is -0.780. The van der Waals surface area contributed by atoms with E-state index in [1.165, 1.54) is 180 Å². The zero-order chi connectivity index (χ0) is 45.8. The molecule has 0 aliphatic carbocycles. The monoisotopic (exact) mass is 885 g/mol. The second-order valence-corrected chi connectivity index (χ2v) is 18.5. The summed E-state index contributed by atoms with van der Waals surface area (Å²) in [6.45, 7) is 6.59. The number of carbonyl (C=O) groups excluding carboxylic acids is 3. The van der Waals surface area contributed by atoms with Crippen molar-refractivity contribution < 1.29 is 28.6 Å². The number of carbonyl (C=O) groups is 3. The Bertz CT molecular complexity index is 1060. The minimum absolute atomic E-state index is 0.0798. The maximum Gasteiger partial charge on any atom is 0.306 e. The average molecular weight is 885 g/mol. The van der Waals surface area contributed by atoms with Crippen LogP contribution < -0.4 is 0 Å². The van der Waals surface area contributed by atoms with Gasteiger partial charge in [-0.15, -0.1) is 0 Å². The van der Waals surface area contributed by atoms with Crippen LogP contribution in [0.5, 0.6) is 0 Å². The van der Waals surface area contributed by atoms with Crippen molar-refractivity contribution >= 4 is 17.9 Å². The Morgan fingerprint density at radius 3 is 0.952 bits per heavy atom. The molecule has 0 aromatic rings. The number of hydrogen-bond acceptors (Lipinski definition) is 6. The van der Waals surface area contributed by atoms with Gasteiger partial charge in [0.1, 0.15) is 13.2 Å². The molecular formula is C57H104O6. The van der Waals surface area contributed by atoms with E-state index in [1.54, 1.807) is 0 Å². The topological polar surface area (TPSA) is 78.9 Å². The zero-order valence-electron chi connectivity index (χ0n) is 42.1. The van der Waals surface area contributed by atoms with Gasteiger partial charge < -0.3 is 14.2 Å². The van der Waals surface area contributed by atoms with Gasteiger partial charge in [0, 0.05) is 19.3 Å². The minimum Gasteiger partial charge on any atom is -0.462 e. The van der Waals surface area contributed by atoms with Crippen LogP contribution in [0.25, 0.3) is 0 Å². The van der Waals surface area contributed by atoms with E-state index in [4.69, 9.17) is 14.2 Å². The van der Waals surface area contributed by atoms with E-state index in [0.29, 0.717) is 19.3 Å². The quantitative estimate of drug-likeness (QED) is 0.0199. The maximum absolute atomic E-state index is 12.8. The van der Waals surface area contributed by atoms with Gasteiger partial charge in [-0.3, -0.25) is 14.4 Å². The highest BCUT2D eigenvalue weighted by Crippen LogP contribution is 2.16. The summed E-state index contributed by atoms with van der Waals surface area (Å²) >= 11 is 0. The molecule has 0 radical (unpaired) electrons. The first-order chi connectivity index (χ1) is 31.0. The fraction of sp³-hybridized carbons (Fsp3) is 0.842. The average Bonchev–Trinajstić information content (AvgIpc) is 3.28. The highest BCUT2D eigenvalue weighted by atomic mass is 16.6. The lowest BCUT2D eigenvalue weighted by atomic mass is 10.0. The van der Waals surface area contributed by atoms with Crippen LogP contribution in [0.15, 0.2) is 36.5 Å². The lowest BCUT2D eigenvalue weighted by Gasteiger charge is -2.18. The molecule has 1 atom stereocenters. The third kappa shape index (κ3) is 50.5. The van der Waals surface area contributed by atoms with E-state index in [2.05, 4.69) is 57.2 Å². The van der Waals surface area contributed by atoms with E-state index in [-0.39, 0.29) is 31.1 Å². The molecule has 0 bridgehead atoms. The van der Waals surface area contributed by atoms with Crippen LogP contribution in [0.3, 0.4) is 0 Å². The predicted octanol–water partition coefficient (Wildman–Crippen LogP) is 18.1. The van der Waals surface area contributed by atoms with E-state index < -0.39 is 6.10 Å². The van der Waals surface area contributed by atoms with Gasteiger partial charge >= 0.3 is 17.9 Å². The second kappa shape index (κ2) is 52.3. The van der Waals surface area contributed by atoms with Crippen LogP contribution in [0.2, 0.25) is 0 Å². The van der Waals surface area contributed by atoms with Crippen LogP contribution in [0.1, 0.15) is 290 Å². The van der Waals surface area contributed by atoms with Gasteiger partial charge in [-0.1, -0.05) is 243 Å². The Morgan fingerprint density at radius 1 is 0.317 bits per heavy atom. The SMILES string of the molecule is CCCC/C=C\C=C/CCCCCC(=O)OCC(COC(=O)CCCCCCCCC/C=C\CCCCCCCC)OC(=O)CCCCCCCCCCCCCCCCCCC. The summed E-state index contributed by atoms with van der Waals surface area (Å²) in [6.07, 6.45) is 61.3. The fourth-order valence-electron chi connectivity index (χ4n) is 7.94. The lowest BCUT2D eigenvalue weighted by molar-refractivity contribution is -0.167. The Kier molecular flexibility index (Phi) is 50.3. The van der Waals surface area contributed by atoms with Gasteiger partial charge in [-0.2, -0.15) is 0 Å². The largest absolute Gasteiger partial charge is 0.462 e. The van der Waals surface area contributed by atoms with Crippen LogP contribution >= 0.6 is 0 Å². The van der Waals surface area contributed by atoms with Crippen molar-refractivity contribution in [2.45, 2.75) is 297 Å². The molecule has 0 aliphatic rings. The molecule has 63 heavy (non-hydrogen) atoms. The normalized spacial score (nSPS) is 12.2. The van der Waals surface area contributed by atoms with Crippen LogP contribution in [0, 0.1) is 0 Å². The standard InChI is InChI=1S/C57H104O6/c1-4-7-10-13-16-19-22-24-26-28-30-32-35-38-41-44-47-50-56(59)62-53-54(52-61-55(58)49-46-43-40-37-34-21-18-15-12-9-6-3)63-57(60)51-48-45-42-39-36-33-31-29-27-25-23-20-17-14-11-8-5-2/h15,18,21,24,26,34,54H,4-14,16-17,19-20,22-23,25,27-33,35-53H2,1-3H3/b18-15-,26-24-,34-21-. The summed E-state index contributed by atoms with van der Waals surface area (Å²) in [7, 11) is 0. The van der Waals surface area contributed by atoms with Crippen molar-refractivity contribution in [3.8, 4) is 0 Å². The number of ether oxygens (including phenoxy) is 3. The van der Waals surface area contributed by atoms with E-state index in [9.17, 15) is 14.4 Å². The summed E-state index contributed by atoms with van der Waals surface area (Å²) in [5, 5.41) is 0. The predicted molar refractivity (Wildman–Crippen MR) is 270 cm³/mol. The van der Waals surface area contributed by atoms with E-state index in [0.717, 1.165) is 70.6 Å². The van der Waals surface area contributed by atoms with Gasteiger partial charge in [0.05, 0.1) is 0 Å². The van der Waals surface area contributed by atoms with Crippen LogP contribution in [-0.2, 0) is 28.6 Å². The molecule has 0 aliphatic heterocycles. The zero-order valence-corrected chi connectivity index (χ0v) is 42.1. The molecule has 1 unspecified atom stereocenters. The molecule has 0 aromatic heterocycles. The Morgan fingerprint density at radius 2 is 0.587 bits per heavy atom. The first-order valence-electron chi connectivity index (χ1n) is 27.5. The smallest absolute Gasteiger partial charge is 0.306 e. The molecule has 368 valence electrons. The molecular weight excluding hydrogens is 781 g/mol. The molecule has 0 saturated carbocycles. The van der Waals surface area contributed by atoms with Crippen molar-refractivity contribution in [1.82, 2.24) is 0 Å². The van der Waals surface area contributed by atoms with Crippen molar-refractivity contribution in [3.05, 3.63) is 36.5 Å². The molecule has 0 amide bonds. The summed E-state index contributed by atoms with van der Waals surface area (Å²) in [5.74, 6) is -0.899. The number of rotatable bonds is 50. The lowest BCUT2D eigenvalue weighted by Crippen LogP contribution is -2.30.